The number of aliphatic carboxylic acids is 1. The number of aliphatic hydroxyl groups excluding tert-OH is 1. The van der Waals surface area contributed by atoms with Crippen LogP contribution in [0.4, 0.5) is 13.6 Å². The molecular formula is C22H22F2N2O6. The smallest absolute Gasteiger partial charge is 0.407 e. The van der Waals surface area contributed by atoms with Crippen LogP contribution in [0.25, 0.3) is 11.1 Å². The Morgan fingerprint density at radius 2 is 1.50 bits per heavy atom. The van der Waals surface area contributed by atoms with Gasteiger partial charge < -0.3 is 25.6 Å². The topological polar surface area (TPSA) is 125 Å². The third-order valence-corrected chi connectivity index (χ3v) is 5.16. The summed E-state index contributed by atoms with van der Waals surface area (Å²) in [6.45, 7) is -1.02. The van der Waals surface area contributed by atoms with Crippen molar-refractivity contribution in [3.63, 3.8) is 0 Å². The molecule has 0 aromatic heterocycles. The molecule has 0 fully saturated rings. The van der Waals surface area contributed by atoms with E-state index in [-0.39, 0.29) is 12.5 Å². The van der Waals surface area contributed by atoms with Crippen molar-refractivity contribution in [1.82, 2.24) is 10.6 Å². The van der Waals surface area contributed by atoms with Gasteiger partial charge in [0.05, 0.1) is 6.61 Å². The lowest BCUT2D eigenvalue weighted by Gasteiger charge is -2.21. The average Bonchev–Trinajstić information content (AvgIpc) is 3.08. The number of carbonyl (C=O) groups excluding carboxylic acids is 2. The van der Waals surface area contributed by atoms with Gasteiger partial charge in [0.15, 0.2) is 0 Å². The van der Waals surface area contributed by atoms with Crippen LogP contribution in [-0.4, -0.2) is 59.9 Å². The second kappa shape index (κ2) is 10.2. The van der Waals surface area contributed by atoms with E-state index in [9.17, 15) is 23.2 Å². The Hall–Kier alpha value is -3.53. The molecule has 0 heterocycles. The Kier molecular flexibility index (Phi) is 7.37. The highest BCUT2D eigenvalue weighted by atomic mass is 19.3. The number of benzene rings is 2. The van der Waals surface area contributed by atoms with E-state index < -0.39 is 49.5 Å². The van der Waals surface area contributed by atoms with E-state index >= 15 is 0 Å². The fourth-order valence-corrected chi connectivity index (χ4v) is 3.65. The van der Waals surface area contributed by atoms with Crippen molar-refractivity contribution in [3.05, 3.63) is 59.7 Å². The molecule has 4 N–H and O–H groups in total. The maximum absolute atomic E-state index is 12.9. The van der Waals surface area contributed by atoms with Crippen LogP contribution in [0.5, 0.6) is 0 Å². The van der Waals surface area contributed by atoms with Crippen molar-refractivity contribution in [2.24, 2.45) is 0 Å². The van der Waals surface area contributed by atoms with Gasteiger partial charge in [-0.15, -0.1) is 0 Å². The van der Waals surface area contributed by atoms with E-state index in [1.807, 2.05) is 53.8 Å². The number of aliphatic hydroxyl groups is 1. The van der Waals surface area contributed by atoms with Crippen molar-refractivity contribution in [1.29, 1.82) is 0 Å². The van der Waals surface area contributed by atoms with Gasteiger partial charge in [-0.2, -0.15) is 0 Å². The first-order valence-corrected chi connectivity index (χ1v) is 9.85. The second-order valence-corrected chi connectivity index (χ2v) is 7.23. The van der Waals surface area contributed by atoms with Gasteiger partial charge in [0.2, 0.25) is 12.3 Å². The van der Waals surface area contributed by atoms with E-state index in [0.717, 1.165) is 22.3 Å². The predicted octanol–water partition coefficient (Wildman–Crippen LogP) is 2.11. The first-order valence-electron chi connectivity index (χ1n) is 9.85. The standard InChI is InChI=1S/C22H22F2N2O6/c23-19(24)9-17(20(28)25-18(10-27)21(29)30)26-22(31)32-11-16-14-7-3-1-5-12(14)13-6-2-4-8-15(13)16/h1-8,16-19,27H,9-11H2,(H,25,28)(H,26,31)(H,29,30)/t17?,18-/m0/s1. The molecule has 0 radical (unpaired) electrons. The Balaban J connectivity index is 1.67. The number of alkyl carbamates (subject to hydrolysis) is 1. The first-order chi connectivity index (χ1) is 15.3. The molecule has 1 unspecified atom stereocenters. The molecule has 1 aliphatic rings. The summed E-state index contributed by atoms with van der Waals surface area (Å²) in [4.78, 5) is 35.4. The minimum absolute atomic E-state index is 0.0860. The molecule has 0 saturated carbocycles. The van der Waals surface area contributed by atoms with E-state index in [1.165, 1.54) is 0 Å². The van der Waals surface area contributed by atoms with Gasteiger partial charge >= 0.3 is 12.1 Å². The number of carboxylic acids is 1. The SMILES string of the molecule is O=C(NC(CC(F)F)C(=O)N[C@@H](CO)C(=O)O)OCC1c2ccccc2-c2ccccc21. The van der Waals surface area contributed by atoms with Gasteiger partial charge in [-0.1, -0.05) is 48.5 Å². The summed E-state index contributed by atoms with van der Waals surface area (Å²) >= 11 is 0. The highest BCUT2D eigenvalue weighted by Gasteiger charge is 2.31. The maximum atomic E-state index is 12.9. The van der Waals surface area contributed by atoms with Crippen LogP contribution < -0.4 is 10.6 Å². The van der Waals surface area contributed by atoms with Crippen molar-refractivity contribution in [3.8, 4) is 11.1 Å². The number of hydrogen-bond donors (Lipinski definition) is 4. The highest BCUT2D eigenvalue weighted by molar-refractivity contribution is 5.89. The van der Waals surface area contributed by atoms with Crippen molar-refractivity contribution < 1.29 is 38.1 Å². The molecule has 0 spiro atoms. The summed E-state index contributed by atoms with van der Waals surface area (Å²) < 4.78 is 31.0. The molecule has 10 heteroatoms. The number of carbonyl (C=O) groups is 3. The quantitative estimate of drug-likeness (QED) is 0.466. The monoisotopic (exact) mass is 448 g/mol. The maximum Gasteiger partial charge on any atom is 0.407 e. The Morgan fingerprint density at radius 1 is 0.938 bits per heavy atom. The van der Waals surface area contributed by atoms with Crippen molar-refractivity contribution in [2.75, 3.05) is 13.2 Å². The largest absolute Gasteiger partial charge is 0.480 e. The van der Waals surface area contributed by atoms with Crippen LogP contribution >= 0.6 is 0 Å². The number of nitrogens with one attached hydrogen (secondary N) is 2. The Labute approximate surface area is 182 Å². The van der Waals surface area contributed by atoms with Gasteiger partial charge in [-0.05, 0) is 22.3 Å². The zero-order valence-corrected chi connectivity index (χ0v) is 16.8. The van der Waals surface area contributed by atoms with E-state index in [0.29, 0.717) is 0 Å². The van der Waals surface area contributed by atoms with E-state index in [1.54, 1.807) is 0 Å². The van der Waals surface area contributed by atoms with Crippen molar-refractivity contribution >= 4 is 18.0 Å². The summed E-state index contributed by atoms with van der Waals surface area (Å²) in [6, 6.07) is 11.8. The minimum Gasteiger partial charge on any atom is -0.480 e. The molecule has 3 rings (SSSR count). The number of amides is 2. The molecule has 170 valence electrons. The summed E-state index contributed by atoms with van der Waals surface area (Å²) in [6.07, 6.45) is -5.09. The summed E-state index contributed by atoms with van der Waals surface area (Å²) in [5.74, 6) is -2.97. The number of hydrogen-bond acceptors (Lipinski definition) is 5. The van der Waals surface area contributed by atoms with Crippen LogP contribution in [-0.2, 0) is 14.3 Å². The molecule has 0 bridgehead atoms. The zero-order valence-electron chi connectivity index (χ0n) is 16.8. The van der Waals surface area contributed by atoms with E-state index in [4.69, 9.17) is 14.9 Å². The Morgan fingerprint density at radius 3 is 2.00 bits per heavy atom. The summed E-state index contributed by atoms with van der Waals surface area (Å²) in [7, 11) is 0. The predicted molar refractivity (Wildman–Crippen MR) is 109 cm³/mol. The van der Waals surface area contributed by atoms with Gasteiger partial charge in [-0.25, -0.2) is 18.4 Å². The molecule has 1 aliphatic carbocycles. The highest BCUT2D eigenvalue weighted by Crippen LogP contribution is 2.44. The lowest BCUT2D eigenvalue weighted by Crippen LogP contribution is -2.53. The number of fused-ring (bicyclic) bond motifs is 3. The van der Waals surface area contributed by atoms with Crippen LogP contribution in [0, 0.1) is 0 Å². The number of ether oxygens (including phenoxy) is 1. The number of rotatable bonds is 9. The molecule has 2 aromatic rings. The number of carboxylic acid groups (broad SMARTS) is 1. The van der Waals surface area contributed by atoms with Crippen LogP contribution in [0.15, 0.2) is 48.5 Å². The van der Waals surface area contributed by atoms with Crippen molar-refractivity contribution in [2.45, 2.75) is 30.8 Å². The lowest BCUT2D eigenvalue weighted by molar-refractivity contribution is -0.143. The minimum atomic E-state index is -2.95. The fourth-order valence-electron chi connectivity index (χ4n) is 3.65. The molecule has 32 heavy (non-hydrogen) atoms. The molecule has 0 aliphatic heterocycles. The fraction of sp³-hybridized carbons (Fsp3) is 0.318. The van der Waals surface area contributed by atoms with Crippen LogP contribution in [0.1, 0.15) is 23.5 Å². The van der Waals surface area contributed by atoms with Crippen LogP contribution in [0.2, 0.25) is 0 Å². The molecule has 2 atom stereocenters. The van der Waals surface area contributed by atoms with Gasteiger partial charge in [0.25, 0.3) is 0 Å². The molecular weight excluding hydrogens is 426 g/mol. The van der Waals surface area contributed by atoms with Gasteiger partial charge in [0.1, 0.15) is 18.7 Å². The molecule has 2 amide bonds. The van der Waals surface area contributed by atoms with E-state index in [2.05, 4.69) is 5.32 Å². The third-order valence-electron chi connectivity index (χ3n) is 5.16. The lowest BCUT2D eigenvalue weighted by atomic mass is 9.98. The van der Waals surface area contributed by atoms with Crippen LogP contribution in [0.3, 0.4) is 0 Å². The summed E-state index contributed by atoms with van der Waals surface area (Å²) in [5, 5.41) is 21.9. The normalized spacial score (nSPS) is 14.2. The second-order valence-electron chi connectivity index (χ2n) is 7.23. The molecule has 2 aromatic carbocycles. The first kappa shape index (κ1) is 23.1. The Bertz CT molecular complexity index is 954. The number of alkyl halides is 2. The molecule has 8 nitrogen and oxygen atoms in total. The summed E-state index contributed by atoms with van der Waals surface area (Å²) in [5.41, 5.74) is 3.93. The van der Waals surface area contributed by atoms with Gasteiger partial charge in [-0.3, -0.25) is 4.79 Å². The zero-order chi connectivity index (χ0) is 23.3. The average molecular weight is 448 g/mol. The molecule has 0 saturated heterocycles. The number of halogens is 2. The third kappa shape index (κ3) is 5.20. The van der Waals surface area contributed by atoms with Gasteiger partial charge in [0, 0.05) is 12.3 Å².